The summed E-state index contributed by atoms with van der Waals surface area (Å²) in [5.74, 6) is -1.90. The van der Waals surface area contributed by atoms with E-state index < -0.39 is 22.8 Å². The molecule has 0 saturated carbocycles. The third-order valence-corrected chi connectivity index (χ3v) is 4.46. The zero-order chi connectivity index (χ0) is 17.6. The number of rotatable bonds is 3. The number of aromatic hydroxyl groups is 1. The molecule has 24 heavy (non-hydrogen) atoms. The number of fused-ring (bicyclic) bond motifs is 1. The van der Waals surface area contributed by atoms with Crippen LogP contribution in [0.3, 0.4) is 0 Å². The number of nitrogens with zero attached hydrogens (tertiary/aromatic N) is 1. The second-order valence-electron chi connectivity index (χ2n) is 5.79. The number of nitrogens with one attached hydrogen (secondary N) is 1. The Bertz CT molecular complexity index is 1030. The molecule has 124 valence electrons. The van der Waals surface area contributed by atoms with Crippen molar-refractivity contribution in [1.82, 2.24) is 9.55 Å². The normalized spacial score (nSPS) is 11.1. The average molecular weight is 326 g/mol. The third kappa shape index (κ3) is 2.19. The molecule has 6 heteroatoms. The summed E-state index contributed by atoms with van der Waals surface area (Å²) >= 11 is 0. The maximum absolute atomic E-state index is 12.1. The van der Waals surface area contributed by atoms with Gasteiger partial charge in [0.05, 0.1) is 5.69 Å². The van der Waals surface area contributed by atoms with Crippen LogP contribution in [-0.2, 0) is 13.5 Å². The Morgan fingerprint density at radius 2 is 2.00 bits per heavy atom. The van der Waals surface area contributed by atoms with E-state index in [0.29, 0.717) is 17.7 Å². The molecule has 2 aromatic heterocycles. The highest BCUT2D eigenvalue weighted by molar-refractivity contribution is 5.94. The molecule has 3 aromatic rings. The predicted molar refractivity (Wildman–Crippen MR) is 91.7 cm³/mol. The quantitative estimate of drug-likeness (QED) is 0.689. The molecule has 3 N–H and O–H groups in total. The van der Waals surface area contributed by atoms with Crippen molar-refractivity contribution in [2.75, 3.05) is 0 Å². The molecule has 0 aliphatic heterocycles. The predicted octanol–water partition coefficient (Wildman–Crippen LogP) is 2.81. The number of hydrogen-bond donors (Lipinski definition) is 3. The van der Waals surface area contributed by atoms with Crippen LogP contribution in [0.2, 0.25) is 0 Å². The highest BCUT2D eigenvalue weighted by Crippen LogP contribution is 2.34. The van der Waals surface area contributed by atoms with Gasteiger partial charge in [0, 0.05) is 35.3 Å². The van der Waals surface area contributed by atoms with E-state index in [1.165, 1.54) is 0 Å². The van der Waals surface area contributed by atoms with E-state index in [9.17, 15) is 14.7 Å². The zero-order valence-electron chi connectivity index (χ0n) is 13.7. The number of pyridine rings is 1. The summed E-state index contributed by atoms with van der Waals surface area (Å²) in [5.41, 5.74) is 2.26. The average Bonchev–Trinajstić information content (AvgIpc) is 2.89. The number of hydrogen-bond acceptors (Lipinski definition) is 3. The minimum atomic E-state index is -1.44. The van der Waals surface area contributed by atoms with Gasteiger partial charge in [0.15, 0.2) is 5.56 Å². The van der Waals surface area contributed by atoms with Crippen molar-refractivity contribution in [3.8, 4) is 17.0 Å². The molecule has 0 fully saturated rings. The number of benzene rings is 1. The Kier molecular flexibility index (Phi) is 3.67. The molecule has 0 radical (unpaired) electrons. The standard InChI is InChI=1S/C18H18N2O4/c1-4-10-15(19-17(22)14(16(10)21)18(23)24)12-5-6-13-11(9(12)2)7-8-20(13)3/h5-8H,4H2,1-3H3,(H,23,24)(H2,19,21,22). The van der Waals surface area contributed by atoms with Crippen molar-refractivity contribution in [1.29, 1.82) is 0 Å². The van der Waals surface area contributed by atoms with E-state index in [1.807, 2.05) is 42.9 Å². The number of carboxylic acids is 1. The molecule has 0 atom stereocenters. The van der Waals surface area contributed by atoms with Gasteiger partial charge in [-0.15, -0.1) is 0 Å². The van der Waals surface area contributed by atoms with Crippen LogP contribution >= 0.6 is 0 Å². The van der Waals surface area contributed by atoms with Gasteiger partial charge in [0.1, 0.15) is 5.75 Å². The van der Waals surface area contributed by atoms with Crippen LogP contribution in [-0.4, -0.2) is 25.7 Å². The van der Waals surface area contributed by atoms with Crippen molar-refractivity contribution in [3.63, 3.8) is 0 Å². The third-order valence-electron chi connectivity index (χ3n) is 4.46. The Hall–Kier alpha value is -3.02. The second-order valence-corrected chi connectivity index (χ2v) is 5.79. The molecule has 0 amide bonds. The molecule has 0 aliphatic carbocycles. The van der Waals surface area contributed by atoms with Crippen molar-refractivity contribution < 1.29 is 15.0 Å². The fourth-order valence-electron chi connectivity index (χ4n) is 3.17. The number of aromatic carboxylic acids is 1. The summed E-state index contributed by atoms with van der Waals surface area (Å²) in [6.45, 7) is 3.75. The highest BCUT2D eigenvalue weighted by atomic mass is 16.4. The summed E-state index contributed by atoms with van der Waals surface area (Å²) < 4.78 is 2.00. The van der Waals surface area contributed by atoms with Crippen LogP contribution < -0.4 is 5.56 Å². The Labute approximate surface area is 138 Å². The van der Waals surface area contributed by atoms with E-state index >= 15 is 0 Å². The first-order chi connectivity index (χ1) is 11.4. The number of carbonyl (C=O) groups is 1. The maximum atomic E-state index is 12.1. The Balaban J connectivity index is 2.36. The molecule has 6 nitrogen and oxygen atoms in total. The van der Waals surface area contributed by atoms with Crippen molar-refractivity contribution in [2.24, 2.45) is 7.05 Å². The molecule has 2 heterocycles. The van der Waals surface area contributed by atoms with Crippen LogP contribution in [0.1, 0.15) is 28.4 Å². The molecule has 0 aliphatic rings. The van der Waals surface area contributed by atoms with Gasteiger partial charge in [0.2, 0.25) is 0 Å². The zero-order valence-corrected chi connectivity index (χ0v) is 13.7. The van der Waals surface area contributed by atoms with Gasteiger partial charge < -0.3 is 19.8 Å². The molecule has 3 rings (SSSR count). The second kappa shape index (κ2) is 5.56. The summed E-state index contributed by atoms with van der Waals surface area (Å²) in [5, 5.41) is 20.5. The first kappa shape index (κ1) is 15.9. The van der Waals surface area contributed by atoms with Crippen LogP contribution in [0.15, 0.2) is 29.2 Å². The van der Waals surface area contributed by atoms with Gasteiger partial charge in [-0.2, -0.15) is 0 Å². The summed E-state index contributed by atoms with van der Waals surface area (Å²) in [6, 6.07) is 5.81. The fourth-order valence-corrected chi connectivity index (χ4v) is 3.17. The van der Waals surface area contributed by atoms with Gasteiger partial charge >= 0.3 is 5.97 Å². The first-order valence-electron chi connectivity index (χ1n) is 7.63. The molecule has 0 unspecified atom stereocenters. The molecule has 0 bridgehead atoms. The first-order valence-corrected chi connectivity index (χ1v) is 7.63. The Morgan fingerprint density at radius 3 is 2.62 bits per heavy atom. The maximum Gasteiger partial charge on any atom is 0.345 e. The summed E-state index contributed by atoms with van der Waals surface area (Å²) in [6.07, 6.45) is 2.35. The molecular formula is C18H18N2O4. The van der Waals surface area contributed by atoms with E-state index in [1.54, 1.807) is 6.92 Å². The minimum absolute atomic E-state index is 0.393. The number of aromatic amines is 1. The number of H-pyrrole nitrogens is 1. The molecule has 0 saturated heterocycles. The highest BCUT2D eigenvalue weighted by Gasteiger charge is 2.22. The topological polar surface area (TPSA) is 95.3 Å². The van der Waals surface area contributed by atoms with Gasteiger partial charge in [-0.3, -0.25) is 4.79 Å². The van der Waals surface area contributed by atoms with Crippen molar-refractivity contribution >= 4 is 16.9 Å². The van der Waals surface area contributed by atoms with Crippen molar-refractivity contribution in [2.45, 2.75) is 20.3 Å². The lowest BCUT2D eigenvalue weighted by Crippen LogP contribution is -2.20. The SMILES string of the molecule is CCc1c(-c2ccc3c(ccn3C)c2C)[nH]c(=O)c(C(=O)O)c1O. The number of carboxylic acid groups (broad SMARTS) is 1. The summed E-state index contributed by atoms with van der Waals surface area (Å²) in [7, 11) is 1.95. The van der Waals surface area contributed by atoms with Crippen LogP contribution in [0, 0.1) is 6.92 Å². The minimum Gasteiger partial charge on any atom is -0.506 e. The number of aryl methyl sites for hydroxylation is 2. The summed E-state index contributed by atoms with van der Waals surface area (Å²) in [4.78, 5) is 26.0. The lowest BCUT2D eigenvalue weighted by molar-refractivity contribution is 0.0691. The van der Waals surface area contributed by atoms with Crippen molar-refractivity contribution in [3.05, 3.63) is 51.4 Å². The smallest absolute Gasteiger partial charge is 0.345 e. The van der Waals surface area contributed by atoms with Crippen LogP contribution in [0.4, 0.5) is 0 Å². The Morgan fingerprint density at radius 1 is 1.29 bits per heavy atom. The van der Waals surface area contributed by atoms with Crippen LogP contribution in [0.25, 0.3) is 22.2 Å². The van der Waals surface area contributed by atoms with E-state index in [2.05, 4.69) is 4.98 Å². The van der Waals surface area contributed by atoms with Gasteiger partial charge in [-0.1, -0.05) is 13.0 Å². The fraction of sp³-hybridized carbons (Fsp3) is 0.222. The molecule has 0 spiro atoms. The monoisotopic (exact) mass is 326 g/mol. The van der Waals surface area contributed by atoms with E-state index in [0.717, 1.165) is 22.0 Å². The van der Waals surface area contributed by atoms with E-state index in [4.69, 9.17) is 5.11 Å². The number of aromatic nitrogens is 2. The van der Waals surface area contributed by atoms with Gasteiger partial charge in [0.25, 0.3) is 5.56 Å². The largest absolute Gasteiger partial charge is 0.506 e. The van der Waals surface area contributed by atoms with Gasteiger partial charge in [-0.05, 0) is 31.0 Å². The lowest BCUT2D eigenvalue weighted by atomic mass is 9.95. The molecular weight excluding hydrogens is 308 g/mol. The van der Waals surface area contributed by atoms with E-state index in [-0.39, 0.29) is 0 Å². The molecule has 1 aromatic carbocycles. The van der Waals surface area contributed by atoms with Crippen LogP contribution in [0.5, 0.6) is 5.75 Å². The lowest BCUT2D eigenvalue weighted by Gasteiger charge is -2.14. The van der Waals surface area contributed by atoms with Gasteiger partial charge in [-0.25, -0.2) is 4.79 Å².